The summed E-state index contributed by atoms with van der Waals surface area (Å²) in [5, 5.41) is 0. The molecule has 2 atom stereocenters. The van der Waals surface area contributed by atoms with Gasteiger partial charge in [-0.05, 0) is 166 Å². The van der Waals surface area contributed by atoms with Crippen LogP contribution in [0.1, 0.15) is 173 Å². The molecular formula is C48H72O10. The molecule has 0 amide bonds. The van der Waals surface area contributed by atoms with Gasteiger partial charge in [0, 0.05) is 19.1 Å². The highest BCUT2D eigenvalue weighted by atomic mass is 16.6. The van der Waals surface area contributed by atoms with Crippen molar-refractivity contribution in [1.29, 1.82) is 0 Å². The molecule has 324 valence electrons. The van der Waals surface area contributed by atoms with E-state index in [9.17, 15) is 19.2 Å². The molecule has 0 spiro atoms. The van der Waals surface area contributed by atoms with Gasteiger partial charge in [-0.2, -0.15) is 0 Å². The molecular weight excluding hydrogens is 737 g/mol. The Hall–Kier alpha value is -4.18. The molecule has 0 bridgehead atoms. The van der Waals surface area contributed by atoms with Crippen molar-refractivity contribution in [2.45, 2.75) is 174 Å². The predicted molar refractivity (Wildman–Crippen MR) is 228 cm³/mol. The lowest BCUT2D eigenvalue weighted by Crippen LogP contribution is -2.28. The van der Waals surface area contributed by atoms with Gasteiger partial charge >= 0.3 is 17.9 Å². The van der Waals surface area contributed by atoms with E-state index in [0.717, 1.165) is 109 Å². The molecule has 2 rings (SSSR count). The van der Waals surface area contributed by atoms with Gasteiger partial charge < -0.3 is 28.4 Å². The Kier molecular flexibility index (Phi) is 24.4. The van der Waals surface area contributed by atoms with Crippen LogP contribution >= 0.6 is 0 Å². The Morgan fingerprint density at radius 2 is 1.29 bits per heavy atom. The lowest BCUT2D eigenvalue weighted by molar-refractivity contribution is -0.157. The Balaban J connectivity index is 1.58. The van der Waals surface area contributed by atoms with Crippen LogP contribution in [-0.4, -0.2) is 61.5 Å². The highest BCUT2D eigenvalue weighted by Gasteiger charge is 2.23. The smallest absolute Gasteiger partial charge is 0.343 e. The van der Waals surface area contributed by atoms with Crippen LogP contribution < -0.4 is 9.47 Å². The van der Waals surface area contributed by atoms with Crippen LogP contribution in [0.2, 0.25) is 0 Å². The third-order valence-corrected chi connectivity index (χ3v) is 10.3. The van der Waals surface area contributed by atoms with Crippen molar-refractivity contribution in [3.8, 4) is 11.5 Å². The molecule has 2 unspecified atom stereocenters. The van der Waals surface area contributed by atoms with E-state index in [1.807, 2.05) is 52.0 Å². The summed E-state index contributed by atoms with van der Waals surface area (Å²) >= 11 is 0. The van der Waals surface area contributed by atoms with Crippen LogP contribution in [0.3, 0.4) is 0 Å². The lowest BCUT2D eigenvalue weighted by atomic mass is 9.91. The second-order valence-electron chi connectivity index (χ2n) is 16.4. The van der Waals surface area contributed by atoms with Crippen LogP contribution in [0, 0.1) is 0 Å². The van der Waals surface area contributed by atoms with Crippen molar-refractivity contribution in [3.63, 3.8) is 0 Å². The molecule has 0 fully saturated rings. The molecule has 0 aliphatic rings. The number of rotatable bonds is 33. The zero-order valence-corrected chi connectivity index (χ0v) is 36.4. The van der Waals surface area contributed by atoms with Crippen molar-refractivity contribution < 1.29 is 47.6 Å². The molecule has 2 aromatic carbocycles. The first-order valence-corrected chi connectivity index (χ1v) is 21.6. The van der Waals surface area contributed by atoms with Gasteiger partial charge in [0.2, 0.25) is 0 Å². The lowest BCUT2D eigenvalue weighted by Gasteiger charge is -2.25. The molecule has 0 N–H and O–H groups in total. The topological polar surface area (TPSA) is 124 Å². The Labute approximate surface area is 348 Å². The Morgan fingerprint density at radius 1 is 0.707 bits per heavy atom. The number of carbonyl (C=O) groups excluding carboxylic acids is 4. The average Bonchev–Trinajstić information content (AvgIpc) is 3.19. The highest BCUT2D eigenvalue weighted by Crippen LogP contribution is 2.28. The monoisotopic (exact) mass is 809 g/mol. The first kappa shape index (κ1) is 50.0. The fraction of sp³-hybridized carbons (Fsp3) is 0.625. The summed E-state index contributed by atoms with van der Waals surface area (Å²) in [7, 11) is 0. The summed E-state index contributed by atoms with van der Waals surface area (Å²) in [4.78, 5) is 46.8. The summed E-state index contributed by atoms with van der Waals surface area (Å²) in [6.45, 7) is 17.7. The summed E-state index contributed by atoms with van der Waals surface area (Å²) in [5.41, 5.74) is 0.748. The van der Waals surface area contributed by atoms with Crippen LogP contribution in [0.25, 0.3) is 0 Å². The summed E-state index contributed by atoms with van der Waals surface area (Å²) < 4.78 is 33.4. The molecule has 0 aliphatic carbocycles. The van der Waals surface area contributed by atoms with Crippen LogP contribution in [0.4, 0.5) is 0 Å². The van der Waals surface area contributed by atoms with Crippen LogP contribution in [0.5, 0.6) is 11.5 Å². The van der Waals surface area contributed by atoms with E-state index >= 15 is 0 Å². The molecule has 0 heterocycles. The van der Waals surface area contributed by atoms with Crippen molar-refractivity contribution in [2.24, 2.45) is 0 Å². The van der Waals surface area contributed by atoms with Crippen LogP contribution in [0.15, 0.2) is 61.2 Å². The second kappa shape index (κ2) is 28.3. The minimum absolute atomic E-state index is 0.146. The summed E-state index contributed by atoms with van der Waals surface area (Å²) in [6.07, 6.45) is 16.7. The molecule has 0 aliphatic heterocycles. The molecule has 10 heteroatoms. The third kappa shape index (κ3) is 22.7. The highest BCUT2D eigenvalue weighted by molar-refractivity contribution is 5.91. The Bertz CT molecular complexity index is 1460. The Morgan fingerprint density at radius 3 is 1.93 bits per heavy atom. The van der Waals surface area contributed by atoms with E-state index in [1.54, 1.807) is 24.3 Å². The van der Waals surface area contributed by atoms with Crippen molar-refractivity contribution in [3.05, 3.63) is 72.3 Å². The van der Waals surface area contributed by atoms with Gasteiger partial charge in [0.15, 0.2) is 0 Å². The van der Waals surface area contributed by atoms with E-state index < -0.39 is 23.1 Å². The fourth-order valence-electron chi connectivity index (χ4n) is 6.65. The third-order valence-electron chi connectivity index (χ3n) is 10.3. The molecule has 10 nitrogen and oxygen atoms in total. The maximum absolute atomic E-state index is 12.8. The maximum atomic E-state index is 12.8. The number of unbranched alkanes of at least 4 members (excludes halogenated alkanes) is 8. The largest absolute Gasteiger partial charge is 0.494 e. The zero-order valence-electron chi connectivity index (χ0n) is 36.4. The van der Waals surface area contributed by atoms with Gasteiger partial charge in [-0.1, -0.05) is 44.9 Å². The molecule has 0 saturated heterocycles. The number of hydrogen-bond acceptors (Lipinski definition) is 10. The number of benzene rings is 2. The number of esters is 3. The first-order valence-electron chi connectivity index (χ1n) is 21.6. The van der Waals surface area contributed by atoms with Crippen molar-refractivity contribution in [1.82, 2.24) is 0 Å². The number of carbonyl (C=O) groups is 4. The van der Waals surface area contributed by atoms with E-state index in [1.165, 1.54) is 11.6 Å². The van der Waals surface area contributed by atoms with Crippen molar-refractivity contribution in [2.75, 3.05) is 19.8 Å². The van der Waals surface area contributed by atoms with Crippen molar-refractivity contribution >= 4 is 24.4 Å². The quantitative estimate of drug-likeness (QED) is 0.0172. The van der Waals surface area contributed by atoms with E-state index in [2.05, 4.69) is 20.4 Å². The first-order chi connectivity index (χ1) is 27.8. The summed E-state index contributed by atoms with van der Waals surface area (Å²) in [5.74, 6) is 0.651. The van der Waals surface area contributed by atoms with Gasteiger partial charge in [-0.3, -0.25) is 9.59 Å². The van der Waals surface area contributed by atoms with Gasteiger partial charge in [0.25, 0.3) is 6.47 Å². The summed E-state index contributed by atoms with van der Waals surface area (Å²) in [6, 6.07) is 14.8. The minimum atomic E-state index is -0.470. The zero-order chi connectivity index (χ0) is 42.7. The van der Waals surface area contributed by atoms with E-state index in [-0.39, 0.29) is 12.1 Å². The fourth-order valence-corrected chi connectivity index (χ4v) is 6.65. The molecule has 58 heavy (non-hydrogen) atoms. The van der Waals surface area contributed by atoms with E-state index in [4.69, 9.17) is 28.4 Å². The van der Waals surface area contributed by atoms with Gasteiger partial charge in [-0.15, -0.1) is 0 Å². The predicted octanol–water partition coefficient (Wildman–Crippen LogP) is 11.4. The van der Waals surface area contributed by atoms with Gasteiger partial charge in [-0.25, -0.2) is 9.59 Å². The molecule has 0 saturated carbocycles. The number of hydrogen-bond donors (Lipinski definition) is 0. The van der Waals surface area contributed by atoms with Gasteiger partial charge in [0.05, 0.1) is 24.9 Å². The molecule has 0 radical (unpaired) electrons. The maximum Gasteiger partial charge on any atom is 0.343 e. The second-order valence-corrected chi connectivity index (χ2v) is 16.4. The average molecular weight is 809 g/mol. The normalized spacial score (nSPS) is 12.6. The number of ether oxygens (including phenoxy) is 6. The standard InChI is InChI=1S/C48H72O10/c1-8-39(23-22-38(3)53-34-18-11-10-16-33-48(6,7)58-45(51)21-15-14-17-32-47(4,5)56-37-49)40-24-30-43(31-25-40)57-46(52)41-26-28-42(29-27-41)54-35-19-12-13-20-36-55-44(50)9-2/h9,24-31,37-39H,2,8,10-23,32-36H2,1,3-7H3. The van der Waals surface area contributed by atoms with Crippen LogP contribution in [-0.2, 0) is 33.3 Å². The van der Waals surface area contributed by atoms with E-state index in [0.29, 0.717) is 49.1 Å². The SMILES string of the molecule is C=CC(=O)OCCCCCCOc1ccc(C(=O)Oc2ccc(C(CC)CCC(C)OCCCCCCC(C)(C)OC(=O)CCCCCC(C)(C)OC=O)cc2)cc1. The molecule has 0 aromatic heterocycles. The molecule has 2 aromatic rings. The minimum Gasteiger partial charge on any atom is -0.494 e. The van der Waals surface area contributed by atoms with Gasteiger partial charge in [0.1, 0.15) is 22.7 Å².